The smallest absolute Gasteiger partial charge is 0.358 e. The number of hydrogen-bond acceptors (Lipinski definition) is 3. The van der Waals surface area contributed by atoms with Crippen molar-refractivity contribution in [2.75, 3.05) is 13.7 Å². The minimum Gasteiger partial charge on any atom is -0.358 e. The third-order valence-electron chi connectivity index (χ3n) is 6.40. The molecule has 0 aliphatic carbocycles. The lowest BCUT2D eigenvalue weighted by molar-refractivity contribution is -0.275. The quantitative estimate of drug-likeness (QED) is 0.293. The molecule has 0 amide bonds. The monoisotopic (exact) mass is 468 g/mol. The van der Waals surface area contributed by atoms with Crippen molar-refractivity contribution < 1.29 is 27.4 Å². The van der Waals surface area contributed by atoms with Crippen LogP contribution in [-0.2, 0) is 19.8 Å². The van der Waals surface area contributed by atoms with E-state index in [2.05, 4.69) is 0 Å². The molecule has 1 aliphatic heterocycles. The summed E-state index contributed by atoms with van der Waals surface area (Å²) in [6.07, 6.45) is -4.33. The zero-order valence-corrected chi connectivity index (χ0v) is 19.0. The van der Waals surface area contributed by atoms with Crippen molar-refractivity contribution in [2.45, 2.75) is 31.1 Å². The number of methoxy groups -OCH3 is 1. The van der Waals surface area contributed by atoms with Crippen LogP contribution in [0.1, 0.15) is 23.6 Å². The standard InChI is InChI=1S/C28H27F3O3/c1-26(28(29,30)31)19-18-25(32-2)34-24(26)20-33-27(21-12-6-3-7-13-21,22-14-8-4-9-15-22)23-16-10-5-11-17-23/h3-19,24-25H,20H2,1-2H3/t24-,25+,26+/m1/s1. The fourth-order valence-electron chi connectivity index (χ4n) is 4.33. The van der Waals surface area contributed by atoms with Crippen LogP contribution >= 0.6 is 0 Å². The fourth-order valence-corrected chi connectivity index (χ4v) is 4.33. The summed E-state index contributed by atoms with van der Waals surface area (Å²) in [5.74, 6) is 0. The van der Waals surface area contributed by atoms with Gasteiger partial charge in [-0.15, -0.1) is 0 Å². The molecule has 0 saturated heterocycles. The number of hydrogen-bond donors (Lipinski definition) is 0. The molecule has 1 aliphatic rings. The summed E-state index contributed by atoms with van der Waals surface area (Å²) < 4.78 is 60.0. The molecule has 0 fully saturated rings. The molecule has 4 rings (SSSR count). The van der Waals surface area contributed by atoms with Crippen molar-refractivity contribution in [1.29, 1.82) is 0 Å². The second-order valence-corrected chi connectivity index (χ2v) is 8.46. The second-order valence-electron chi connectivity index (χ2n) is 8.46. The SMILES string of the molecule is CO[C@@H]1C=C[C@](C)(C(F)(F)F)[C@@H](COC(c2ccccc2)(c2ccccc2)c2ccccc2)O1. The van der Waals surface area contributed by atoms with Crippen LogP contribution in [0.25, 0.3) is 0 Å². The fraction of sp³-hybridized carbons (Fsp3) is 0.286. The maximum Gasteiger partial charge on any atom is 0.400 e. The number of alkyl halides is 3. The number of ether oxygens (including phenoxy) is 3. The molecule has 0 aromatic heterocycles. The molecule has 3 nitrogen and oxygen atoms in total. The highest BCUT2D eigenvalue weighted by molar-refractivity contribution is 5.47. The molecule has 0 spiro atoms. The highest BCUT2D eigenvalue weighted by atomic mass is 19.4. The normalized spacial score (nSPS) is 23.1. The Hall–Kier alpha value is -2.93. The number of benzene rings is 3. The van der Waals surface area contributed by atoms with Crippen LogP contribution in [0.3, 0.4) is 0 Å². The highest BCUT2D eigenvalue weighted by Crippen LogP contribution is 2.47. The molecule has 1 heterocycles. The molecule has 0 N–H and O–H groups in total. The van der Waals surface area contributed by atoms with Crippen molar-refractivity contribution in [2.24, 2.45) is 5.41 Å². The Labute approximate surface area is 197 Å². The van der Waals surface area contributed by atoms with Gasteiger partial charge in [0.15, 0.2) is 6.29 Å². The molecule has 3 aromatic carbocycles. The Kier molecular flexibility index (Phi) is 6.94. The molecule has 178 valence electrons. The minimum atomic E-state index is -4.54. The molecule has 3 atom stereocenters. The van der Waals surface area contributed by atoms with Crippen LogP contribution in [0.2, 0.25) is 0 Å². The lowest BCUT2D eigenvalue weighted by Gasteiger charge is -2.43. The van der Waals surface area contributed by atoms with E-state index in [1.165, 1.54) is 13.2 Å². The molecule has 0 saturated carbocycles. The van der Waals surface area contributed by atoms with Crippen molar-refractivity contribution in [3.05, 3.63) is 120 Å². The van der Waals surface area contributed by atoms with E-state index in [-0.39, 0.29) is 6.61 Å². The summed E-state index contributed by atoms with van der Waals surface area (Å²) in [4.78, 5) is 0. The van der Waals surface area contributed by atoms with Crippen molar-refractivity contribution in [3.8, 4) is 0 Å². The van der Waals surface area contributed by atoms with Gasteiger partial charge in [-0.05, 0) is 29.7 Å². The van der Waals surface area contributed by atoms with E-state index in [1.54, 1.807) is 0 Å². The predicted molar refractivity (Wildman–Crippen MR) is 124 cm³/mol. The average molecular weight is 469 g/mol. The molecular weight excluding hydrogens is 441 g/mol. The third kappa shape index (κ3) is 4.41. The summed E-state index contributed by atoms with van der Waals surface area (Å²) in [7, 11) is 1.39. The van der Waals surface area contributed by atoms with Crippen LogP contribution in [0, 0.1) is 5.41 Å². The Morgan fingerprint density at radius 1 is 0.794 bits per heavy atom. The molecule has 0 bridgehead atoms. The minimum absolute atomic E-state index is 0.321. The van der Waals surface area contributed by atoms with Crippen LogP contribution in [0.15, 0.2) is 103 Å². The molecule has 3 aromatic rings. The third-order valence-corrected chi connectivity index (χ3v) is 6.40. The highest BCUT2D eigenvalue weighted by Gasteiger charge is 2.57. The Morgan fingerprint density at radius 3 is 1.62 bits per heavy atom. The van der Waals surface area contributed by atoms with Crippen molar-refractivity contribution in [3.63, 3.8) is 0 Å². The maximum absolute atomic E-state index is 14.2. The van der Waals surface area contributed by atoms with E-state index in [1.807, 2.05) is 91.0 Å². The first-order valence-electron chi connectivity index (χ1n) is 11.1. The molecule has 0 radical (unpaired) electrons. The van der Waals surface area contributed by atoms with E-state index < -0.39 is 29.6 Å². The van der Waals surface area contributed by atoms with E-state index in [0.29, 0.717) is 0 Å². The Bertz CT molecular complexity index is 987. The maximum atomic E-state index is 14.2. The summed E-state index contributed by atoms with van der Waals surface area (Å²) in [6.45, 7) is 0.803. The van der Waals surface area contributed by atoms with Gasteiger partial charge in [0.05, 0.1) is 6.61 Å². The van der Waals surface area contributed by atoms with Gasteiger partial charge in [0.1, 0.15) is 17.1 Å². The van der Waals surface area contributed by atoms with Crippen molar-refractivity contribution >= 4 is 0 Å². The van der Waals surface area contributed by atoms with Gasteiger partial charge >= 0.3 is 6.18 Å². The Morgan fingerprint density at radius 2 is 1.24 bits per heavy atom. The summed E-state index contributed by atoms with van der Waals surface area (Å²) >= 11 is 0. The zero-order chi connectivity index (χ0) is 24.2. The Balaban J connectivity index is 1.83. The van der Waals surface area contributed by atoms with Gasteiger partial charge in [0.25, 0.3) is 0 Å². The van der Waals surface area contributed by atoms with E-state index in [0.717, 1.165) is 29.7 Å². The van der Waals surface area contributed by atoms with E-state index in [9.17, 15) is 13.2 Å². The molecular formula is C28H27F3O3. The van der Waals surface area contributed by atoms with Crippen molar-refractivity contribution in [1.82, 2.24) is 0 Å². The first-order chi connectivity index (χ1) is 16.3. The molecule has 34 heavy (non-hydrogen) atoms. The van der Waals surface area contributed by atoms with E-state index in [4.69, 9.17) is 14.2 Å². The number of halogens is 3. The van der Waals surface area contributed by atoms with Gasteiger partial charge in [-0.1, -0.05) is 97.1 Å². The van der Waals surface area contributed by atoms with Gasteiger partial charge < -0.3 is 14.2 Å². The van der Waals surface area contributed by atoms with Gasteiger partial charge in [-0.3, -0.25) is 0 Å². The largest absolute Gasteiger partial charge is 0.400 e. The number of rotatable bonds is 7. The average Bonchev–Trinajstić information content (AvgIpc) is 2.87. The molecule has 0 unspecified atom stereocenters. The van der Waals surface area contributed by atoms with Gasteiger partial charge in [0, 0.05) is 7.11 Å². The van der Waals surface area contributed by atoms with Gasteiger partial charge in [-0.2, -0.15) is 13.2 Å². The van der Waals surface area contributed by atoms with Gasteiger partial charge in [-0.25, -0.2) is 0 Å². The second kappa shape index (κ2) is 9.74. The van der Waals surface area contributed by atoms with E-state index >= 15 is 0 Å². The summed E-state index contributed by atoms with van der Waals surface area (Å²) in [5.41, 5.74) is -0.983. The lowest BCUT2D eigenvalue weighted by atomic mass is 9.79. The predicted octanol–water partition coefficient (Wildman–Crippen LogP) is 6.49. The zero-order valence-electron chi connectivity index (χ0n) is 19.0. The van der Waals surface area contributed by atoms with Crippen LogP contribution < -0.4 is 0 Å². The van der Waals surface area contributed by atoms with Gasteiger partial charge in [0.2, 0.25) is 0 Å². The topological polar surface area (TPSA) is 27.7 Å². The summed E-state index contributed by atoms with van der Waals surface area (Å²) in [5, 5.41) is 0. The van der Waals surface area contributed by atoms with Crippen LogP contribution in [0.5, 0.6) is 0 Å². The van der Waals surface area contributed by atoms with Crippen LogP contribution in [-0.4, -0.2) is 32.3 Å². The lowest BCUT2D eigenvalue weighted by Crippen LogP contribution is -2.52. The molecule has 6 heteroatoms. The first-order valence-corrected chi connectivity index (χ1v) is 11.1. The van der Waals surface area contributed by atoms with Crippen LogP contribution in [0.4, 0.5) is 13.2 Å². The summed E-state index contributed by atoms with van der Waals surface area (Å²) in [6, 6.07) is 28.5. The first kappa shape index (κ1) is 24.2.